The van der Waals surface area contributed by atoms with Crippen LogP contribution in [0.4, 0.5) is 18.9 Å². The number of anilines is 1. The maximum absolute atomic E-state index is 13.1. The van der Waals surface area contributed by atoms with E-state index in [1.165, 1.54) is 24.3 Å². The molecule has 1 heterocycles. The van der Waals surface area contributed by atoms with Gasteiger partial charge >= 0.3 is 12.1 Å². The van der Waals surface area contributed by atoms with Crippen LogP contribution in [0.1, 0.15) is 58.0 Å². The molecular formula is C24H22F3N3O5. The summed E-state index contributed by atoms with van der Waals surface area (Å²) in [5.74, 6) is -4.80. The maximum Gasteiger partial charge on any atom is 0.491 e. The SMILES string of the molecule is CCC(NC(=O)[C@@H]1CCCN1)Nc1cc(OC(=O)C(F)(F)F)c2c(c1)C(=O)c1ccccc1C2=O. The van der Waals surface area contributed by atoms with Crippen LogP contribution in [0.15, 0.2) is 36.4 Å². The van der Waals surface area contributed by atoms with Gasteiger partial charge in [-0.2, -0.15) is 13.2 Å². The lowest BCUT2D eigenvalue weighted by atomic mass is 9.83. The highest BCUT2D eigenvalue weighted by atomic mass is 19.4. The smallest absolute Gasteiger partial charge is 0.419 e. The summed E-state index contributed by atoms with van der Waals surface area (Å²) in [6, 6.07) is 7.88. The second-order valence-corrected chi connectivity index (χ2v) is 8.25. The summed E-state index contributed by atoms with van der Waals surface area (Å²) in [5, 5.41) is 8.82. The molecule has 11 heteroatoms. The van der Waals surface area contributed by atoms with Gasteiger partial charge in [0, 0.05) is 28.4 Å². The molecule has 2 atom stereocenters. The van der Waals surface area contributed by atoms with Crippen LogP contribution in [0.2, 0.25) is 0 Å². The van der Waals surface area contributed by atoms with E-state index in [0.29, 0.717) is 12.8 Å². The molecule has 1 unspecified atom stereocenters. The van der Waals surface area contributed by atoms with Gasteiger partial charge in [-0.1, -0.05) is 31.2 Å². The van der Waals surface area contributed by atoms with Crippen molar-refractivity contribution in [2.75, 3.05) is 11.9 Å². The standard InChI is InChI=1S/C24H22F3N3O5/c1-2-18(30-22(33)16-8-5-9-28-16)29-12-10-15-19(17(11-12)35-23(34)24(25,26)27)21(32)14-7-4-3-6-13(14)20(15)31/h3-4,6-7,10-11,16,18,28-29H,2,5,8-9H2,1H3,(H,30,33)/t16-,18?/m0/s1. The highest BCUT2D eigenvalue weighted by molar-refractivity contribution is 6.29. The molecule has 3 N–H and O–H groups in total. The number of hydrogen-bond donors (Lipinski definition) is 3. The normalized spacial score (nSPS) is 17.9. The summed E-state index contributed by atoms with van der Waals surface area (Å²) in [6.07, 6.45) is -4.03. The molecule has 1 aliphatic heterocycles. The van der Waals surface area contributed by atoms with Crippen molar-refractivity contribution >= 4 is 29.1 Å². The minimum Gasteiger partial charge on any atom is -0.419 e. The highest BCUT2D eigenvalue weighted by Crippen LogP contribution is 2.37. The van der Waals surface area contributed by atoms with Crippen LogP contribution in [-0.2, 0) is 9.59 Å². The summed E-state index contributed by atoms with van der Waals surface area (Å²) in [5.41, 5.74) is -0.451. The predicted octanol–water partition coefficient (Wildman–Crippen LogP) is 2.95. The number of esters is 1. The van der Waals surface area contributed by atoms with E-state index in [0.717, 1.165) is 19.0 Å². The Bertz CT molecular complexity index is 1210. The van der Waals surface area contributed by atoms with E-state index >= 15 is 0 Å². The number of carbonyl (C=O) groups excluding carboxylic acids is 4. The van der Waals surface area contributed by atoms with Crippen LogP contribution < -0.4 is 20.7 Å². The Morgan fingerprint density at radius 2 is 1.80 bits per heavy atom. The zero-order valence-corrected chi connectivity index (χ0v) is 18.6. The molecule has 0 aromatic heterocycles. The molecule has 1 amide bonds. The first-order valence-corrected chi connectivity index (χ1v) is 11.1. The number of ketones is 2. The quantitative estimate of drug-likeness (QED) is 0.277. The third-order valence-corrected chi connectivity index (χ3v) is 5.87. The molecule has 2 aliphatic rings. The van der Waals surface area contributed by atoms with E-state index in [1.807, 2.05) is 0 Å². The van der Waals surface area contributed by atoms with E-state index in [9.17, 15) is 32.3 Å². The number of halogens is 3. The molecular weight excluding hydrogens is 467 g/mol. The summed E-state index contributed by atoms with van der Waals surface area (Å²) in [4.78, 5) is 50.3. The van der Waals surface area contributed by atoms with Crippen molar-refractivity contribution < 1.29 is 37.1 Å². The summed E-state index contributed by atoms with van der Waals surface area (Å²) in [6.45, 7) is 2.49. The van der Waals surface area contributed by atoms with Crippen molar-refractivity contribution in [3.63, 3.8) is 0 Å². The third kappa shape index (κ3) is 4.90. The Balaban J connectivity index is 1.71. The van der Waals surface area contributed by atoms with Gasteiger partial charge in [-0.25, -0.2) is 4.79 Å². The van der Waals surface area contributed by atoms with Gasteiger partial charge in [0.15, 0.2) is 11.6 Å². The van der Waals surface area contributed by atoms with Crippen LogP contribution in [0.3, 0.4) is 0 Å². The number of ether oxygens (including phenoxy) is 1. The summed E-state index contributed by atoms with van der Waals surface area (Å²) >= 11 is 0. The van der Waals surface area contributed by atoms with Gasteiger partial charge in [0.2, 0.25) is 5.91 Å². The largest absolute Gasteiger partial charge is 0.491 e. The molecule has 2 aromatic rings. The molecule has 0 bridgehead atoms. The molecule has 1 fully saturated rings. The second kappa shape index (κ2) is 9.49. The van der Waals surface area contributed by atoms with Gasteiger partial charge in [-0.05, 0) is 31.9 Å². The summed E-state index contributed by atoms with van der Waals surface area (Å²) in [7, 11) is 0. The predicted molar refractivity (Wildman–Crippen MR) is 118 cm³/mol. The van der Waals surface area contributed by atoms with Gasteiger partial charge in [0.25, 0.3) is 0 Å². The van der Waals surface area contributed by atoms with Crippen LogP contribution >= 0.6 is 0 Å². The molecule has 8 nitrogen and oxygen atoms in total. The van der Waals surface area contributed by atoms with Crippen LogP contribution in [-0.4, -0.2) is 48.4 Å². The van der Waals surface area contributed by atoms with Crippen molar-refractivity contribution in [3.05, 3.63) is 58.7 Å². The molecule has 0 radical (unpaired) electrons. The number of alkyl halides is 3. The molecule has 184 valence electrons. The Labute approximate surface area is 198 Å². The molecule has 35 heavy (non-hydrogen) atoms. The number of fused-ring (bicyclic) bond motifs is 2. The Morgan fingerprint density at radius 1 is 1.11 bits per heavy atom. The third-order valence-electron chi connectivity index (χ3n) is 5.87. The van der Waals surface area contributed by atoms with Crippen LogP contribution in [0.5, 0.6) is 5.75 Å². The number of hydrogen-bond acceptors (Lipinski definition) is 7. The average Bonchev–Trinajstić information content (AvgIpc) is 3.36. The fraction of sp³-hybridized carbons (Fsp3) is 0.333. The van der Waals surface area contributed by atoms with Crippen molar-refractivity contribution in [2.24, 2.45) is 0 Å². The van der Waals surface area contributed by atoms with Crippen molar-refractivity contribution in [3.8, 4) is 5.75 Å². The first-order chi connectivity index (χ1) is 16.6. The monoisotopic (exact) mass is 489 g/mol. The number of carbonyl (C=O) groups is 4. The molecule has 1 saturated heterocycles. The molecule has 2 aromatic carbocycles. The lowest BCUT2D eigenvalue weighted by molar-refractivity contribution is -0.189. The lowest BCUT2D eigenvalue weighted by Crippen LogP contribution is -2.47. The maximum atomic E-state index is 13.1. The average molecular weight is 489 g/mol. The number of benzene rings is 2. The molecule has 0 spiro atoms. The van der Waals surface area contributed by atoms with E-state index < -0.39 is 41.2 Å². The number of rotatable bonds is 6. The van der Waals surface area contributed by atoms with Crippen molar-refractivity contribution in [2.45, 2.75) is 44.6 Å². The summed E-state index contributed by atoms with van der Waals surface area (Å²) < 4.78 is 43.4. The second-order valence-electron chi connectivity index (χ2n) is 8.25. The zero-order valence-electron chi connectivity index (χ0n) is 18.6. The minimum atomic E-state index is -5.32. The minimum absolute atomic E-state index is 0.00206. The van der Waals surface area contributed by atoms with Crippen LogP contribution in [0.25, 0.3) is 0 Å². The number of amides is 1. The van der Waals surface area contributed by atoms with E-state index in [2.05, 4.69) is 20.7 Å². The Morgan fingerprint density at radius 3 is 2.40 bits per heavy atom. The Hall–Kier alpha value is -3.73. The fourth-order valence-corrected chi connectivity index (χ4v) is 4.13. The first kappa shape index (κ1) is 24.4. The van der Waals surface area contributed by atoms with E-state index in [-0.39, 0.29) is 34.3 Å². The first-order valence-electron chi connectivity index (χ1n) is 11.1. The van der Waals surface area contributed by atoms with Crippen LogP contribution in [0, 0.1) is 0 Å². The van der Waals surface area contributed by atoms with E-state index in [4.69, 9.17) is 0 Å². The van der Waals surface area contributed by atoms with Gasteiger partial charge in [0.05, 0.1) is 17.8 Å². The van der Waals surface area contributed by atoms with Gasteiger partial charge < -0.3 is 20.7 Å². The molecule has 4 rings (SSSR count). The Kier molecular flexibility index (Phi) is 6.62. The highest BCUT2D eigenvalue weighted by Gasteiger charge is 2.43. The molecule has 0 saturated carbocycles. The molecule has 1 aliphatic carbocycles. The van der Waals surface area contributed by atoms with Crippen molar-refractivity contribution in [1.29, 1.82) is 0 Å². The van der Waals surface area contributed by atoms with Crippen molar-refractivity contribution in [1.82, 2.24) is 10.6 Å². The topological polar surface area (TPSA) is 114 Å². The van der Waals surface area contributed by atoms with E-state index in [1.54, 1.807) is 13.0 Å². The number of nitrogens with one attached hydrogen (secondary N) is 3. The van der Waals surface area contributed by atoms with Gasteiger partial charge in [0.1, 0.15) is 5.75 Å². The lowest BCUT2D eigenvalue weighted by Gasteiger charge is -2.25. The van der Waals surface area contributed by atoms with Gasteiger partial charge in [-0.15, -0.1) is 0 Å². The fourth-order valence-electron chi connectivity index (χ4n) is 4.13. The zero-order chi connectivity index (χ0) is 25.3. The van der Waals surface area contributed by atoms with Gasteiger partial charge in [-0.3, -0.25) is 14.4 Å².